The molecule has 0 spiro atoms. The van der Waals surface area contributed by atoms with Gasteiger partial charge in [0.05, 0.1) is 12.3 Å². The number of hydrogen-bond acceptors (Lipinski definition) is 4. The predicted molar refractivity (Wildman–Crippen MR) is 71.8 cm³/mol. The van der Waals surface area contributed by atoms with Gasteiger partial charge in [-0.2, -0.15) is 0 Å². The number of benzene rings is 2. The molecule has 0 saturated carbocycles. The quantitative estimate of drug-likeness (QED) is 0.726. The molecule has 0 saturated heterocycles. The van der Waals surface area contributed by atoms with Crippen LogP contribution in [0.15, 0.2) is 42.5 Å². The van der Waals surface area contributed by atoms with E-state index in [1.54, 1.807) is 36.4 Å². The zero-order valence-corrected chi connectivity index (χ0v) is 10.2. The standard InChI is InChI=1S/C14H14N2O3/c15-12-7-10(14(16)18)4-5-13(12)19-11-3-1-2-9(6-11)8-17/h1-7,17H,8,15H2,(H2,16,18). The number of amides is 1. The largest absolute Gasteiger partial charge is 0.455 e. The topological polar surface area (TPSA) is 98.6 Å². The Morgan fingerprint density at radius 1 is 1.21 bits per heavy atom. The molecular formula is C14H14N2O3. The fourth-order valence-corrected chi connectivity index (χ4v) is 1.63. The van der Waals surface area contributed by atoms with Crippen LogP contribution in [0.2, 0.25) is 0 Å². The van der Waals surface area contributed by atoms with Crippen molar-refractivity contribution >= 4 is 11.6 Å². The molecule has 0 aliphatic rings. The first-order valence-corrected chi connectivity index (χ1v) is 5.67. The number of aliphatic hydroxyl groups is 1. The van der Waals surface area contributed by atoms with E-state index in [0.29, 0.717) is 22.7 Å². The van der Waals surface area contributed by atoms with Crippen LogP contribution in [0.4, 0.5) is 5.69 Å². The minimum atomic E-state index is -0.541. The molecule has 2 rings (SSSR count). The first-order chi connectivity index (χ1) is 9.10. The van der Waals surface area contributed by atoms with E-state index in [9.17, 15) is 4.79 Å². The van der Waals surface area contributed by atoms with E-state index in [1.165, 1.54) is 6.07 Å². The number of primary amides is 1. The lowest BCUT2D eigenvalue weighted by Crippen LogP contribution is -2.11. The number of ether oxygens (including phenoxy) is 1. The van der Waals surface area contributed by atoms with E-state index in [0.717, 1.165) is 5.56 Å². The van der Waals surface area contributed by atoms with Gasteiger partial charge in [-0.3, -0.25) is 4.79 Å². The Morgan fingerprint density at radius 2 is 2.00 bits per heavy atom. The van der Waals surface area contributed by atoms with Crippen LogP contribution >= 0.6 is 0 Å². The fourth-order valence-electron chi connectivity index (χ4n) is 1.63. The molecule has 0 aliphatic heterocycles. The molecular weight excluding hydrogens is 244 g/mol. The number of nitrogens with two attached hydrogens (primary N) is 2. The smallest absolute Gasteiger partial charge is 0.248 e. The second-order valence-electron chi connectivity index (χ2n) is 4.02. The van der Waals surface area contributed by atoms with Crippen molar-refractivity contribution in [2.45, 2.75) is 6.61 Å². The van der Waals surface area contributed by atoms with Crippen LogP contribution < -0.4 is 16.2 Å². The number of anilines is 1. The summed E-state index contributed by atoms with van der Waals surface area (Å²) in [5.74, 6) is 0.450. The summed E-state index contributed by atoms with van der Waals surface area (Å²) in [5.41, 5.74) is 12.3. The van der Waals surface area contributed by atoms with Crippen molar-refractivity contribution < 1.29 is 14.6 Å². The Bertz CT molecular complexity index is 611. The van der Waals surface area contributed by atoms with E-state index in [-0.39, 0.29) is 6.61 Å². The monoisotopic (exact) mass is 258 g/mol. The molecule has 0 atom stereocenters. The van der Waals surface area contributed by atoms with Gasteiger partial charge in [-0.1, -0.05) is 12.1 Å². The van der Waals surface area contributed by atoms with E-state index >= 15 is 0 Å². The molecule has 0 radical (unpaired) electrons. The van der Waals surface area contributed by atoms with Gasteiger partial charge in [0, 0.05) is 5.56 Å². The van der Waals surface area contributed by atoms with Gasteiger partial charge in [0.25, 0.3) is 0 Å². The Labute approximate surface area is 110 Å². The highest BCUT2D eigenvalue weighted by molar-refractivity contribution is 5.94. The Balaban J connectivity index is 2.25. The van der Waals surface area contributed by atoms with Crippen LogP contribution in [0.25, 0.3) is 0 Å². The highest BCUT2D eigenvalue weighted by Gasteiger charge is 2.07. The first-order valence-electron chi connectivity index (χ1n) is 5.67. The molecule has 2 aromatic carbocycles. The Kier molecular flexibility index (Phi) is 3.68. The van der Waals surface area contributed by atoms with Crippen molar-refractivity contribution in [2.75, 3.05) is 5.73 Å². The lowest BCUT2D eigenvalue weighted by Gasteiger charge is -2.10. The molecule has 2 aromatic rings. The first kappa shape index (κ1) is 12.9. The van der Waals surface area contributed by atoms with Crippen LogP contribution in [0, 0.1) is 0 Å². The molecule has 0 aliphatic carbocycles. The van der Waals surface area contributed by atoms with Gasteiger partial charge in [0.2, 0.25) is 5.91 Å². The van der Waals surface area contributed by atoms with Crippen molar-refractivity contribution in [3.05, 3.63) is 53.6 Å². The Morgan fingerprint density at radius 3 is 2.63 bits per heavy atom. The molecule has 0 heterocycles. The number of nitrogen functional groups attached to an aromatic ring is 1. The number of rotatable bonds is 4. The van der Waals surface area contributed by atoms with Crippen LogP contribution in [-0.2, 0) is 6.61 Å². The number of carbonyl (C=O) groups excluding carboxylic acids is 1. The summed E-state index contributed by atoms with van der Waals surface area (Å²) in [6, 6.07) is 11.6. The third-order valence-electron chi connectivity index (χ3n) is 2.60. The van der Waals surface area contributed by atoms with Crippen molar-refractivity contribution in [3.63, 3.8) is 0 Å². The lowest BCUT2D eigenvalue weighted by atomic mass is 10.2. The number of aliphatic hydroxyl groups excluding tert-OH is 1. The van der Waals surface area contributed by atoms with Gasteiger partial charge in [-0.05, 0) is 35.9 Å². The molecule has 98 valence electrons. The minimum absolute atomic E-state index is 0.0622. The van der Waals surface area contributed by atoms with Crippen LogP contribution in [0.3, 0.4) is 0 Å². The zero-order chi connectivity index (χ0) is 13.8. The van der Waals surface area contributed by atoms with Crippen LogP contribution in [-0.4, -0.2) is 11.0 Å². The molecule has 5 nitrogen and oxygen atoms in total. The van der Waals surface area contributed by atoms with Gasteiger partial charge in [0.15, 0.2) is 0 Å². The highest BCUT2D eigenvalue weighted by Crippen LogP contribution is 2.28. The fraction of sp³-hybridized carbons (Fsp3) is 0.0714. The van der Waals surface area contributed by atoms with Crippen molar-refractivity contribution in [3.8, 4) is 11.5 Å². The summed E-state index contributed by atoms with van der Waals surface area (Å²) in [6.45, 7) is -0.0622. The van der Waals surface area contributed by atoms with E-state index in [1.807, 2.05) is 0 Å². The third-order valence-corrected chi connectivity index (χ3v) is 2.60. The summed E-state index contributed by atoms with van der Waals surface area (Å²) in [6.07, 6.45) is 0. The molecule has 0 bridgehead atoms. The SMILES string of the molecule is NC(=O)c1ccc(Oc2cccc(CO)c2)c(N)c1. The molecule has 5 N–H and O–H groups in total. The Hall–Kier alpha value is -2.53. The second-order valence-corrected chi connectivity index (χ2v) is 4.02. The minimum Gasteiger partial charge on any atom is -0.455 e. The van der Waals surface area contributed by atoms with Crippen molar-refractivity contribution in [1.29, 1.82) is 0 Å². The highest BCUT2D eigenvalue weighted by atomic mass is 16.5. The zero-order valence-electron chi connectivity index (χ0n) is 10.2. The second kappa shape index (κ2) is 5.41. The van der Waals surface area contributed by atoms with Gasteiger partial charge < -0.3 is 21.3 Å². The summed E-state index contributed by atoms with van der Waals surface area (Å²) in [5, 5.41) is 9.05. The number of carbonyl (C=O) groups is 1. The average Bonchev–Trinajstić information content (AvgIpc) is 2.41. The molecule has 0 fully saturated rings. The summed E-state index contributed by atoms with van der Waals surface area (Å²) >= 11 is 0. The maximum Gasteiger partial charge on any atom is 0.248 e. The lowest BCUT2D eigenvalue weighted by molar-refractivity contribution is 0.100. The van der Waals surface area contributed by atoms with Crippen molar-refractivity contribution in [1.82, 2.24) is 0 Å². The molecule has 5 heteroatoms. The number of hydrogen-bond donors (Lipinski definition) is 3. The van der Waals surface area contributed by atoms with E-state index in [4.69, 9.17) is 21.3 Å². The van der Waals surface area contributed by atoms with Crippen molar-refractivity contribution in [2.24, 2.45) is 5.73 Å². The van der Waals surface area contributed by atoms with Crippen LogP contribution in [0.1, 0.15) is 15.9 Å². The van der Waals surface area contributed by atoms with Gasteiger partial charge in [-0.25, -0.2) is 0 Å². The van der Waals surface area contributed by atoms with Gasteiger partial charge in [-0.15, -0.1) is 0 Å². The van der Waals surface area contributed by atoms with Gasteiger partial charge in [0.1, 0.15) is 11.5 Å². The summed E-state index contributed by atoms with van der Waals surface area (Å²) in [7, 11) is 0. The molecule has 1 amide bonds. The molecule has 0 unspecified atom stereocenters. The molecule has 19 heavy (non-hydrogen) atoms. The predicted octanol–water partition coefficient (Wildman–Crippen LogP) is 1.65. The van der Waals surface area contributed by atoms with Gasteiger partial charge >= 0.3 is 0 Å². The maximum atomic E-state index is 11.0. The normalized spacial score (nSPS) is 10.2. The average molecular weight is 258 g/mol. The third kappa shape index (κ3) is 3.02. The van der Waals surface area contributed by atoms with E-state index < -0.39 is 5.91 Å². The summed E-state index contributed by atoms with van der Waals surface area (Å²) in [4.78, 5) is 11.0. The molecule has 0 aromatic heterocycles. The van der Waals surface area contributed by atoms with E-state index in [2.05, 4.69) is 0 Å². The van der Waals surface area contributed by atoms with Crippen LogP contribution in [0.5, 0.6) is 11.5 Å². The maximum absolute atomic E-state index is 11.0. The summed E-state index contributed by atoms with van der Waals surface area (Å²) < 4.78 is 5.60.